The average Bonchev–Trinajstić information content (AvgIpc) is 2.18. The first-order valence-electron chi connectivity index (χ1n) is 5.71. The minimum Gasteiger partial charge on any atom is -0.490 e. The van der Waals surface area contributed by atoms with E-state index in [0.717, 1.165) is 12.0 Å². The summed E-state index contributed by atoms with van der Waals surface area (Å²) in [5, 5.41) is 0. The van der Waals surface area contributed by atoms with Crippen molar-refractivity contribution in [3.8, 4) is 5.75 Å². The van der Waals surface area contributed by atoms with Crippen LogP contribution in [0.1, 0.15) is 31.7 Å². The fourth-order valence-corrected chi connectivity index (χ4v) is 1.75. The van der Waals surface area contributed by atoms with Crippen molar-refractivity contribution >= 4 is 0 Å². The SMILES string of the molecule is CCc1ccc(OCC2CCC2)c(F)c1. The van der Waals surface area contributed by atoms with Crippen LogP contribution in [-0.2, 0) is 6.42 Å². The summed E-state index contributed by atoms with van der Waals surface area (Å²) in [6.45, 7) is 2.69. The van der Waals surface area contributed by atoms with Crippen LogP contribution in [-0.4, -0.2) is 6.61 Å². The van der Waals surface area contributed by atoms with Gasteiger partial charge in [-0.15, -0.1) is 0 Å². The molecule has 0 spiro atoms. The topological polar surface area (TPSA) is 9.23 Å². The predicted molar refractivity (Wildman–Crippen MR) is 58.6 cm³/mol. The maximum Gasteiger partial charge on any atom is 0.165 e. The zero-order valence-electron chi connectivity index (χ0n) is 9.13. The van der Waals surface area contributed by atoms with Gasteiger partial charge >= 0.3 is 0 Å². The van der Waals surface area contributed by atoms with Crippen molar-refractivity contribution in [1.82, 2.24) is 0 Å². The largest absolute Gasteiger partial charge is 0.490 e. The van der Waals surface area contributed by atoms with E-state index in [1.165, 1.54) is 19.3 Å². The Hall–Kier alpha value is -1.05. The normalized spacial score (nSPS) is 16.1. The van der Waals surface area contributed by atoms with E-state index in [1.807, 2.05) is 13.0 Å². The molecule has 0 bridgehead atoms. The molecule has 1 fully saturated rings. The molecule has 0 unspecified atom stereocenters. The molecular formula is C13H17FO. The molecule has 2 heteroatoms. The quantitative estimate of drug-likeness (QED) is 0.735. The van der Waals surface area contributed by atoms with E-state index in [1.54, 1.807) is 12.1 Å². The Labute approximate surface area is 90.3 Å². The summed E-state index contributed by atoms with van der Waals surface area (Å²) >= 11 is 0. The first-order chi connectivity index (χ1) is 7.29. The molecule has 1 aromatic rings. The van der Waals surface area contributed by atoms with Gasteiger partial charge in [0.1, 0.15) is 0 Å². The highest BCUT2D eigenvalue weighted by Crippen LogP contribution is 2.28. The van der Waals surface area contributed by atoms with Crippen LogP contribution >= 0.6 is 0 Å². The van der Waals surface area contributed by atoms with Crippen molar-refractivity contribution in [3.63, 3.8) is 0 Å². The van der Waals surface area contributed by atoms with Gasteiger partial charge in [-0.3, -0.25) is 0 Å². The molecule has 0 amide bonds. The van der Waals surface area contributed by atoms with E-state index in [0.29, 0.717) is 18.3 Å². The molecule has 1 saturated carbocycles. The highest BCUT2D eigenvalue weighted by molar-refractivity contribution is 5.29. The Balaban J connectivity index is 1.95. The number of ether oxygens (including phenoxy) is 1. The smallest absolute Gasteiger partial charge is 0.165 e. The van der Waals surface area contributed by atoms with Crippen LogP contribution in [0.3, 0.4) is 0 Å². The number of hydrogen-bond acceptors (Lipinski definition) is 1. The Morgan fingerprint density at radius 3 is 2.73 bits per heavy atom. The lowest BCUT2D eigenvalue weighted by Gasteiger charge is -2.25. The summed E-state index contributed by atoms with van der Waals surface area (Å²) in [5.74, 6) is 0.822. The molecule has 1 aromatic carbocycles. The third kappa shape index (κ3) is 2.49. The van der Waals surface area contributed by atoms with Gasteiger partial charge in [-0.2, -0.15) is 0 Å². The molecule has 0 N–H and O–H groups in total. The third-order valence-electron chi connectivity index (χ3n) is 3.10. The predicted octanol–water partition coefficient (Wildman–Crippen LogP) is 3.57. The van der Waals surface area contributed by atoms with Crippen molar-refractivity contribution < 1.29 is 9.13 Å². The van der Waals surface area contributed by atoms with Crippen LogP contribution in [0, 0.1) is 11.7 Å². The van der Waals surface area contributed by atoms with Crippen molar-refractivity contribution in [1.29, 1.82) is 0 Å². The van der Waals surface area contributed by atoms with Crippen LogP contribution in [0.5, 0.6) is 5.75 Å². The second-order valence-corrected chi connectivity index (χ2v) is 4.23. The lowest BCUT2D eigenvalue weighted by Crippen LogP contribution is -2.19. The van der Waals surface area contributed by atoms with Gasteiger partial charge in [0.2, 0.25) is 0 Å². The van der Waals surface area contributed by atoms with Gasteiger partial charge in [-0.1, -0.05) is 19.4 Å². The molecule has 0 aromatic heterocycles. The fraction of sp³-hybridized carbons (Fsp3) is 0.538. The molecule has 82 valence electrons. The number of halogens is 1. The van der Waals surface area contributed by atoms with E-state index in [9.17, 15) is 4.39 Å². The Morgan fingerprint density at radius 1 is 1.40 bits per heavy atom. The van der Waals surface area contributed by atoms with Gasteiger partial charge < -0.3 is 4.74 Å². The van der Waals surface area contributed by atoms with E-state index in [2.05, 4.69) is 0 Å². The maximum atomic E-state index is 13.5. The lowest BCUT2D eigenvalue weighted by molar-refractivity contribution is 0.175. The average molecular weight is 208 g/mol. The number of rotatable bonds is 4. The van der Waals surface area contributed by atoms with Gasteiger partial charge in [0.05, 0.1) is 6.61 Å². The fourth-order valence-electron chi connectivity index (χ4n) is 1.75. The Kier molecular flexibility index (Phi) is 3.24. The van der Waals surface area contributed by atoms with E-state index < -0.39 is 0 Å². The van der Waals surface area contributed by atoms with Gasteiger partial charge in [0.25, 0.3) is 0 Å². The molecule has 0 saturated heterocycles. The van der Waals surface area contributed by atoms with Gasteiger partial charge in [0.15, 0.2) is 11.6 Å². The molecule has 15 heavy (non-hydrogen) atoms. The number of hydrogen-bond donors (Lipinski definition) is 0. The summed E-state index contributed by atoms with van der Waals surface area (Å²) < 4.78 is 18.9. The zero-order valence-corrected chi connectivity index (χ0v) is 9.13. The zero-order chi connectivity index (χ0) is 10.7. The second-order valence-electron chi connectivity index (χ2n) is 4.23. The standard InChI is InChI=1S/C13H17FO/c1-2-10-6-7-13(12(14)8-10)15-9-11-4-3-5-11/h6-8,11H,2-5,9H2,1H3. The monoisotopic (exact) mass is 208 g/mol. The minimum absolute atomic E-state index is 0.228. The first-order valence-corrected chi connectivity index (χ1v) is 5.71. The first kappa shape index (κ1) is 10.5. The summed E-state index contributed by atoms with van der Waals surface area (Å²) in [6, 6.07) is 5.24. The summed E-state index contributed by atoms with van der Waals surface area (Å²) in [4.78, 5) is 0. The molecule has 0 radical (unpaired) electrons. The molecule has 1 nitrogen and oxygen atoms in total. The number of aryl methyl sites for hydroxylation is 1. The van der Waals surface area contributed by atoms with Crippen LogP contribution in [0.15, 0.2) is 18.2 Å². The van der Waals surface area contributed by atoms with E-state index in [4.69, 9.17) is 4.74 Å². The highest BCUT2D eigenvalue weighted by Gasteiger charge is 2.18. The molecule has 0 aliphatic heterocycles. The summed E-state index contributed by atoms with van der Waals surface area (Å²) in [6.07, 6.45) is 4.62. The minimum atomic E-state index is -0.228. The molecule has 0 heterocycles. The molecule has 2 rings (SSSR count). The maximum absolute atomic E-state index is 13.5. The van der Waals surface area contributed by atoms with Crippen LogP contribution < -0.4 is 4.74 Å². The number of benzene rings is 1. The molecule has 1 aliphatic rings. The van der Waals surface area contributed by atoms with Crippen LogP contribution in [0.4, 0.5) is 4.39 Å². The van der Waals surface area contributed by atoms with Crippen LogP contribution in [0.25, 0.3) is 0 Å². The van der Waals surface area contributed by atoms with Crippen molar-refractivity contribution in [2.45, 2.75) is 32.6 Å². The third-order valence-corrected chi connectivity index (χ3v) is 3.10. The highest BCUT2D eigenvalue weighted by atomic mass is 19.1. The van der Waals surface area contributed by atoms with Crippen LogP contribution in [0.2, 0.25) is 0 Å². The Bertz CT molecular complexity index is 331. The van der Waals surface area contributed by atoms with Crippen molar-refractivity contribution in [2.24, 2.45) is 5.92 Å². The molecule has 0 atom stereocenters. The lowest BCUT2D eigenvalue weighted by atomic mass is 9.86. The van der Waals surface area contributed by atoms with Crippen molar-refractivity contribution in [3.05, 3.63) is 29.6 Å². The summed E-state index contributed by atoms with van der Waals surface area (Å²) in [7, 11) is 0. The van der Waals surface area contributed by atoms with E-state index in [-0.39, 0.29) is 5.82 Å². The van der Waals surface area contributed by atoms with Gasteiger partial charge in [-0.25, -0.2) is 4.39 Å². The van der Waals surface area contributed by atoms with Gasteiger partial charge in [-0.05, 0) is 42.9 Å². The van der Waals surface area contributed by atoms with Gasteiger partial charge in [0, 0.05) is 0 Å². The second kappa shape index (κ2) is 4.65. The van der Waals surface area contributed by atoms with E-state index >= 15 is 0 Å². The Morgan fingerprint density at radius 2 is 2.20 bits per heavy atom. The molecule has 1 aliphatic carbocycles. The van der Waals surface area contributed by atoms with Crippen molar-refractivity contribution in [2.75, 3.05) is 6.61 Å². The molecular weight excluding hydrogens is 191 g/mol. The summed E-state index contributed by atoms with van der Waals surface area (Å²) in [5.41, 5.74) is 1.02.